The third-order valence-electron chi connectivity index (χ3n) is 3.60. The lowest BCUT2D eigenvalue weighted by atomic mass is 9.78. The zero-order valence-corrected chi connectivity index (χ0v) is 11.2. The van der Waals surface area contributed by atoms with Crippen molar-refractivity contribution in [1.82, 2.24) is 0 Å². The molecule has 3 heteroatoms. The molecule has 0 unspecified atom stereocenters. The maximum Gasteiger partial charge on any atom is 0.120 e. The summed E-state index contributed by atoms with van der Waals surface area (Å²) in [6, 6.07) is 8.04. The third-order valence-corrected chi connectivity index (χ3v) is 3.60. The molecule has 18 heavy (non-hydrogen) atoms. The van der Waals surface area contributed by atoms with Crippen molar-refractivity contribution in [3.8, 4) is 5.75 Å². The summed E-state index contributed by atoms with van der Waals surface area (Å²) in [5.74, 6) is 0.825. The van der Waals surface area contributed by atoms with Crippen LogP contribution in [0.1, 0.15) is 45.1 Å². The lowest BCUT2D eigenvalue weighted by Crippen LogP contribution is -2.36. The maximum atomic E-state index is 10.7. The molecule has 0 atom stereocenters. The molecule has 0 aromatic heterocycles. The van der Waals surface area contributed by atoms with E-state index in [0.29, 0.717) is 0 Å². The van der Waals surface area contributed by atoms with Gasteiger partial charge in [-0.25, -0.2) is 0 Å². The molecule has 0 amide bonds. The molecule has 0 radical (unpaired) electrons. The highest BCUT2D eigenvalue weighted by Gasteiger charge is 2.33. The van der Waals surface area contributed by atoms with Crippen molar-refractivity contribution in [3.63, 3.8) is 0 Å². The van der Waals surface area contributed by atoms with Crippen LogP contribution in [0.5, 0.6) is 5.75 Å². The van der Waals surface area contributed by atoms with E-state index in [2.05, 4.69) is 0 Å². The quantitative estimate of drug-likeness (QED) is 0.865. The Morgan fingerprint density at radius 2 is 2.00 bits per heavy atom. The van der Waals surface area contributed by atoms with Crippen LogP contribution in [0.4, 0.5) is 0 Å². The van der Waals surface area contributed by atoms with E-state index in [9.17, 15) is 5.11 Å². The van der Waals surface area contributed by atoms with Crippen molar-refractivity contribution < 1.29 is 9.84 Å². The molecule has 1 aliphatic rings. The molecule has 1 aromatic rings. The highest BCUT2D eigenvalue weighted by Crippen LogP contribution is 2.37. The molecule has 1 aromatic carbocycles. The van der Waals surface area contributed by atoms with Crippen molar-refractivity contribution in [2.24, 2.45) is 5.73 Å². The van der Waals surface area contributed by atoms with Gasteiger partial charge in [0, 0.05) is 6.04 Å². The predicted molar refractivity (Wildman–Crippen MR) is 72.5 cm³/mol. The fourth-order valence-corrected chi connectivity index (χ4v) is 2.54. The third kappa shape index (κ3) is 3.03. The van der Waals surface area contributed by atoms with Crippen LogP contribution in [0.15, 0.2) is 24.3 Å². The molecule has 1 fully saturated rings. The molecule has 0 aliphatic heterocycles. The molecule has 0 bridgehead atoms. The van der Waals surface area contributed by atoms with Gasteiger partial charge >= 0.3 is 0 Å². The molecule has 1 aliphatic carbocycles. The van der Waals surface area contributed by atoms with Gasteiger partial charge in [-0.15, -0.1) is 0 Å². The fraction of sp³-hybridized carbons (Fsp3) is 0.600. The van der Waals surface area contributed by atoms with E-state index >= 15 is 0 Å². The Hall–Kier alpha value is -1.06. The van der Waals surface area contributed by atoms with Crippen LogP contribution in [-0.4, -0.2) is 17.3 Å². The van der Waals surface area contributed by atoms with Crippen LogP contribution in [-0.2, 0) is 5.60 Å². The van der Waals surface area contributed by atoms with Gasteiger partial charge in [-0.3, -0.25) is 0 Å². The Balaban J connectivity index is 2.17. The van der Waals surface area contributed by atoms with Crippen molar-refractivity contribution in [2.75, 3.05) is 0 Å². The topological polar surface area (TPSA) is 55.5 Å². The SMILES string of the molecule is CC(C)Oc1cccc(C2(O)CCC(N)CC2)c1. The molecule has 2 rings (SSSR count). The molecule has 1 saturated carbocycles. The summed E-state index contributed by atoms with van der Waals surface area (Å²) in [5, 5.41) is 10.7. The zero-order valence-electron chi connectivity index (χ0n) is 11.2. The van der Waals surface area contributed by atoms with Crippen LogP contribution in [0, 0.1) is 0 Å². The Morgan fingerprint density at radius 3 is 2.61 bits per heavy atom. The summed E-state index contributed by atoms with van der Waals surface area (Å²) in [4.78, 5) is 0. The lowest BCUT2D eigenvalue weighted by Gasteiger charge is -2.35. The first-order valence-corrected chi connectivity index (χ1v) is 6.75. The van der Waals surface area contributed by atoms with Gasteiger partial charge in [-0.05, 0) is 57.2 Å². The second-order valence-electron chi connectivity index (χ2n) is 5.56. The van der Waals surface area contributed by atoms with E-state index in [0.717, 1.165) is 37.0 Å². The molecule has 3 nitrogen and oxygen atoms in total. The minimum Gasteiger partial charge on any atom is -0.491 e. The molecule has 0 heterocycles. The Kier molecular flexibility index (Phi) is 3.93. The van der Waals surface area contributed by atoms with Crippen molar-refractivity contribution >= 4 is 0 Å². The average Bonchev–Trinajstić information content (AvgIpc) is 2.33. The van der Waals surface area contributed by atoms with Crippen LogP contribution in [0.25, 0.3) is 0 Å². The zero-order chi connectivity index (χ0) is 13.2. The summed E-state index contributed by atoms with van der Waals surface area (Å²) in [7, 11) is 0. The number of hydrogen-bond acceptors (Lipinski definition) is 3. The van der Waals surface area contributed by atoms with Crippen molar-refractivity contribution in [3.05, 3.63) is 29.8 Å². The van der Waals surface area contributed by atoms with Gasteiger partial charge in [-0.1, -0.05) is 12.1 Å². The van der Waals surface area contributed by atoms with Crippen LogP contribution in [0.3, 0.4) is 0 Å². The van der Waals surface area contributed by atoms with Crippen molar-refractivity contribution in [2.45, 2.75) is 57.3 Å². The molecule has 3 N–H and O–H groups in total. The second-order valence-corrected chi connectivity index (χ2v) is 5.56. The highest BCUT2D eigenvalue weighted by molar-refractivity contribution is 5.33. The van der Waals surface area contributed by atoms with E-state index < -0.39 is 5.60 Å². The second kappa shape index (κ2) is 5.29. The number of aliphatic hydroxyl groups is 1. The molecular weight excluding hydrogens is 226 g/mol. The van der Waals surface area contributed by atoms with E-state index in [-0.39, 0.29) is 12.1 Å². The first-order valence-electron chi connectivity index (χ1n) is 6.75. The van der Waals surface area contributed by atoms with Crippen LogP contribution in [0.2, 0.25) is 0 Å². The number of benzene rings is 1. The van der Waals surface area contributed by atoms with Gasteiger partial charge in [0.15, 0.2) is 0 Å². The fourth-order valence-electron chi connectivity index (χ4n) is 2.54. The van der Waals surface area contributed by atoms with Crippen LogP contribution < -0.4 is 10.5 Å². The normalized spacial score (nSPS) is 28.4. The minimum absolute atomic E-state index is 0.148. The summed E-state index contributed by atoms with van der Waals surface area (Å²) < 4.78 is 5.68. The largest absolute Gasteiger partial charge is 0.491 e. The number of nitrogens with two attached hydrogens (primary N) is 1. The number of rotatable bonds is 3. The standard InChI is InChI=1S/C15H23NO2/c1-11(2)18-14-5-3-4-12(10-14)15(17)8-6-13(16)7-9-15/h3-5,10-11,13,17H,6-9,16H2,1-2H3. The maximum absolute atomic E-state index is 10.7. The van der Waals surface area contributed by atoms with Crippen molar-refractivity contribution in [1.29, 1.82) is 0 Å². The van der Waals surface area contributed by atoms with Crippen LogP contribution >= 0.6 is 0 Å². The number of ether oxygens (including phenoxy) is 1. The van der Waals surface area contributed by atoms with E-state index in [1.165, 1.54) is 0 Å². The lowest BCUT2D eigenvalue weighted by molar-refractivity contribution is -0.00521. The van der Waals surface area contributed by atoms with E-state index in [4.69, 9.17) is 10.5 Å². The molecule has 0 saturated heterocycles. The Bertz CT molecular complexity index is 395. The summed E-state index contributed by atoms with van der Waals surface area (Å²) in [5.41, 5.74) is 6.12. The average molecular weight is 249 g/mol. The van der Waals surface area contributed by atoms with Gasteiger partial charge in [0.25, 0.3) is 0 Å². The molecular formula is C15H23NO2. The van der Waals surface area contributed by atoms with Gasteiger partial charge in [0.2, 0.25) is 0 Å². The summed E-state index contributed by atoms with van der Waals surface area (Å²) in [6.07, 6.45) is 3.38. The first-order chi connectivity index (χ1) is 8.49. The summed E-state index contributed by atoms with van der Waals surface area (Å²) in [6.45, 7) is 4.00. The predicted octanol–water partition coefficient (Wildman–Crippen LogP) is 2.56. The highest BCUT2D eigenvalue weighted by atomic mass is 16.5. The minimum atomic E-state index is -0.730. The Labute approximate surface area is 109 Å². The van der Waals surface area contributed by atoms with Gasteiger partial charge < -0.3 is 15.6 Å². The van der Waals surface area contributed by atoms with Gasteiger partial charge in [0.1, 0.15) is 5.75 Å². The molecule has 0 spiro atoms. The summed E-state index contributed by atoms with van der Waals surface area (Å²) >= 11 is 0. The number of hydrogen-bond donors (Lipinski definition) is 2. The Morgan fingerprint density at radius 1 is 1.33 bits per heavy atom. The van der Waals surface area contributed by atoms with E-state index in [1.807, 2.05) is 38.1 Å². The molecule has 100 valence electrons. The van der Waals surface area contributed by atoms with Gasteiger partial charge in [-0.2, -0.15) is 0 Å². The van der Waals surface area contributed by atoms with E-state index in [1.54, 1.807) is 0 Å². The van der Waals surface area contributed by atoms with Gasteiger partial charge in [0.05, 0.1) is 11.7 Å². The first kappa shape index (κ1) is 13.4. The monoisotopic (exact) mass is 249 g/mol. The smallest absolute Gasteiger partial charge is 0.120 e.